The van der Waals surface area contributed by atoms with Crippen molar-refractivity contribution >= 4 is 17.2 Å². The van der Waals surface area contributed by atoms with Crippen molar-refractivity contribution in [1.29, 1.82) is 0 Å². The Balaban J connectivity index is 2.37. The number of hydrogen-bond donors (Lipinski definition) is 1. The van der Waals surface area contributed by atoms with E-state index in [4.69, 9.17) is 0 Å². The number of carbonyl (C=O) groups excluding carboxylic acids is 1. The van der Waals surface area contributed by atoms with Crippen molar-refractivity contribution in [3.8, 4) is 0 Å². The van der Waals surface area contributed by atoms with Crippen molar-refractivity contribution in [1.82, 2.24) is 15.2 Å². The van der Waals surface area contributed by atoms with Gasteiger partial charge in [0.2, 0.25) is 5.91 Å². The van der Waals surface area contributed by atoms with Gasteiger partial charge < -0.3 is 10.2 Å². The van der Waals surface area contributed by atoms with Gasteiger partial charge in [-0.25, -0.2) is 4.98 Å². The normalized spacial score (nSPS) is 11.5. The third kappa shape index (κ3) is 4.72. The molecule has 16 heavy (non-hydrogen) atoms. The van der Waals surface area contributed by atoms with Crippen molar-refractivity contribution in [3.63, 3.8) is 0 Å². The van der Waals surface area contributed by atoms with Gasteiger partial charge in [0, 0.05) is 18.0 Å². The van der Waals surface area contributed by atoms with Gasteiger partial charge in [0.25, 0.3) is 0 Å². The molecule has 0 spiro atoms. The molecule has 0 saturated carbocycles. The Morgan fingerprint density at radius 1 is 1.56 bits per heavy atom. The molecule has 0 aliphatic heterocycles. The lowest BCUT2D eigenvalue weighted by Gasteiger charge is -2.23. The average molecular weight is 241 g/mol. The molecule has 1 aromatic rings. The molecule has 0 saturated heterocycles. The first-order valence-corrected chi connectivity index (χ1v) is 6.19. The van der Waals surface area contributed by atoms with Crippen LogP contribution >= 0.6 is 11.3 Å². The lowest BCUT2D eigenvalue weighted by molar-refractivity contribution is -0.129. The molecular formula is C11H19N3OS. The molecule has 1 aromatic heterocycles. The third-order valence-electron chi connectivity index (χ3n) is 2.08. The van der Waals surface area contributed by atoms with Gasteiger partial charge in [-0.2, -0.15) is 0 Å². The van der Waals surface area contributed by atoms with E-state index in [0.717, 1.165) is 5.69 Å². The van der Waals surface area contributed by atoms with Crippen LogP contribution in [0.5, 0.6) is 0 Å². The van der Waals surface area contributed by atoms with Gasteiger partial charge in [0.1, 0.15) is 0 Å². The summed E-state index contributed by atoms with van der Waals surface area (Å²) in [6.07, 6.45) is 0. The number of hydrogen-bond acceptors (Lipinski definition) is 4. The van der Waals surface area contributed by atoms with Gasteiger partial charge in [-0.3, -0.25) is 4.79 Å². The number of nitrogens with zero attached hydrogens (tertiary/aromatic N) is 2. The molecule has 5 heteroatoms. The predicted octanol–water partition coefficient (Wildman–Crippen LogP) is 1.49. The minimum atomic E-state index is -0.0306. The van der Waals surface area contributed by atoms with Crippen molar-refractivity contribution in [2.75, 3.05) is 13.6 Å². The smallest absolute Gasteiger partial charge is 0.236 e. The standard InChI is InChI=1S/C11H19N3OS/c1-11(2,3)13-5-10(15)14(4)6-9-7-16-8-12-9/h7-8,13H,5-6H2,1-4H3. The van der Waals surface area contributed by atoms with Crippen LogP contribution in [0.25, 0.3) is 0 Å². The summed E-state index contributed by atoms with van der Waals surface area (Å²) in [6, 6.07) is 0. The van der Waals surface area contributed by atoms with Crippen LogP contribution < -0.4 is 5.32 Å². The zero-order valence-electron chi connectivity index (χ0n) is 10.3. The SMILES string of the molecule is CN(Cc1cscn1)C(=O)CNC(C)(C)C. The van der Waals surface area contributed by atoms with Gasteiger partial charge in [-0.15, -0.1) is 11.3 Å². The van der Waals surface area contributed by atoms with Crippen molar-refractivity contribution in [2.45, 2.75) is 32.9 Å². The van der Waals surface area contributed by atoms with Crippen molar-refractivity contribution < 1.29 is 4.79 Å². The highest BCUT2D eigenvalue weighted by Gasteiger charge is 2.14. The molecule has 1 amide bonds. The fourth-order valence-electron chi connectivity index (χ4n) is 1.12. The van der Waals surface area contributed by atoms with Crippen LogP contribution in [-0.4, -0.2) is 34.9 Å². The molecular weight excluding hydrogens is 222 g/mol. The summed E-state index contributed by atoms with van der Waals surface area (Å²) in [5.41, 5.74) is 2.69. The molecule has 0 fully saturated rings. The topological polar surface area (TPSA) is 45.2 Å². The highest BCUT2D eigenvalue weighted by molar-refractivity contribution is 7.07. The van der Waals surface area contributed by atoms with Gasteiger partial charge in [-0.05, 0) is 20.8 Å². The van der Waals surface area contributed by atoms with Crippen molar-refractivity contribution in [3.05, 3.63) is 16.6 Å². The summed E-state index contributed by atoms with van der Waals surface area (Å²) in [5.74, 6) is 0.0860. The number of nitrogens with one attached hydrogen (secondary N) is 1. The van der Waals surface area contributed by atoms with E-state index in [2.05, 4.69) is 10.3 Å². The first-order valence-electron chi connectivity index (χ1n) is 5.24. The maximum Gasteiger partial charge on any atom is 0.236 e. The molecule has 0 radical (unpaired) electrons. The zero-order chi connectivity index (χ0) is 12.2. The predicted molar refractivity (Wildman–Crippen MR) is 66.3 cm³/mol. The van der Waals surface area contributed by atoms with E-state index in [-0.39, 0.29) is 11.4 Å². The number of carbonyl (C=O) groups is 1. The average Bonchev–Trinajstić information content (AvgIpc) is 2.65. The first-order chi connectivity index (χ1) is 7.38. The summed E-state index contributed by atoms with van der Waals surface area (Å²) in [6.45, 7) is 7.07. The van der Waals surface area contributed by atoms with Gasteiger partial charge in [0.05, 0.1) is 24.3 Å². The fourth-order valence-corrected chi connectivity index (χ4v) is 1.67. The molecule has 0 bridgehead atoms. The molecule has 0 unspecified atom stereocenters. The largest absolute Gasteiger partial charge is 0.339 e. The first kappa shape index (κ1) is 13.1. The summed E-state index contributed by atoms with van der Waals surface area (Å²) in [5, 5.41) is 5.13. The monoisotopic (exact) mass is 241 g/mol. The van der Waals surface area contributed by atoms with Crippen molar-refractivity contribution in [2.24, 2.45) is 0 Å². The molecule has 4 nitrogen and oxygen atoms in total. The number of aromatic nitrogens is 1. The van der Waals surface area contributed by atoms with Crippen LogP contribution in [0.1, 0.15) is 26.5 Å². The molecule has 0 atom stereocenters. The Hall–Kier alpha value is -0.940. The Bertz CT molecular complexity index is 329. The van der Waals surface area contributed by atoms with Gasteiger partial charge in [-0.1, -0.05) is 0 Å². The van der Waals surface area contributed by atoms with E-state index in [1.54, 1.807) is 28.8 Å². The number of likely N-dealkylation sites (N-methyl/N-ethyl adjacent to an activating group) is 1. The van der Waals surface area contributed by atoms with Crippen LogP contribution in [0, 0.1) is 0 Å². The Labute approximate surface area is 101 Å². The van der Waals surface area contributed by atoms with Crippen LogP contribution in [0.2, 0.25) is 0 Å². The second-order valence-electron chi connectivity index (χ2n) is 4.83. The summed E-state index contributed by atoms with van der Waals surface area (Å²) < 4.78 is 0. The van der Waals surface area contributed by atoms with E-state index in [1.165, 1.54) is 0 Å². The molecule has 1 N–H and O–H groups in total. The van der Waals surface area contributed by atoms with E-state index in [9.17, 15) is 4.79 Å². The number of amides is 1. The van der Waals surface area contributed by atoms with E-state index in [0.29, 0.717) is 13.1 Å². The quantitative estimate of drug-likeness (QED) is 0.868. The second kappa shape index (κ2) is 5.41. The summed E-state index contributed by atoms with van der Waals surface area (Å²) in [7, 11) is 1.80. The molecule has 1 heterocycles. The summed E-state index contributed by atoms with van der Waals surface area (Å²) in [4.78, 5) is 17.6. The van der Waals surface area contributed by atoms with Crippen LogP contribution in [0.4, 0.5) is 0 Å². The molecule has 0 aliphatic rings. The maximum atomic E-state index is 11.8. The Morgan fingerprint density at radius 3 is 2.75 bits per heavy atom. The van der Waals surface area contributed by atoms with E-state index in [1.807, 2.05) is 26.2 Å². The number of thiazole rings is 1. The lowest BCUT2D eigenvalue weighted by Crippen LogP contribution is -2.43. The van der Waals surface area contributed by atoms with E-state index < -0.39 is 0 Å². The maximum absolute atomic E-state index is 11.8. The number of rotatable bonds is 4. The van der Waals surface area contributed by atoms with Gasteiger partial charge >= 0.3 is 0 Å². The molecule has 90 valence electrons. The lowest BCUT2D eigenvalue weighted by atomic mass is 10.1. The minimum Gasteiger partial charge on any atom is -0.339 e. The van der Waals surface area contributed by atoms with Crippen LogP contribution in [0.15, 0.2) is 10.9 Å². The second-order valence-corrected chi connectivity index (χ2v) is 5.55. The van der Waals surface area contributed by atoms with Crippen LogP contribution in [0.3, 0.4) is 0 Å². The highest BCUT2D eigenvalue weighted by atomic mass is 32.1. The van der Waals surface area contributed by atoms with E-state index >= 15 is 0 Å². The summed E-state index contributed by atoms with van der Waals surface area (Å²) >= 11 is 1.55. The van der Waals surface area contributed by atoms with Crippen LogP contribution in [-0.2, 0) is 11.3 Å². The third-order valence-corrected chi connectivity index (χ3v) is 2.71. The molecule has 1 rings (SSSR count). The molecule has 0 aromatic carbocycles. The fraction of sp³-hybridized carbons (Fsp3) is 0.636. The minimum absolute atomic E-state index is 0.0306. The zero-order valence-corrected chi connectivity index (χ0v) is 11.1. The Kier molecular flexibility index (Phi) is 4.44. The molecule has 0 aliphatic carbocycles. The van der Waals surface area contributed by atoms with Gasteiger partial charge in [0.15, 0.2) is 0 Å². The highest BCUT2D eigenvalue weighted by Crippen LogP contribution is 2.04. The Morgan fingerprint density at radius 2 is 2.25 bits per heavy atom.